The van der Waals surface area contributed by atoms with Crippen LogP contribution in [0.15, 0.2) is 36.4 Å². The molecule has 0 atom stereocenters. The Kier molecular flexibility index (Phi) is 15.6. The first-order valence-corrected chi connectivity index (χ1v) is 25.0. The van der Waals surface area contributed by atoms with Gasteiger partial charge in [0, 0.05) is 61.9 Å². The molecule has 0 aromatic heterocycles. The van der Waals surface area contributed by atoms with Gasteiger partial charge in [-0.05, 0) is 54.7 Å². The molecule has 0 spiro atoms. The minimum Gasteiger partial charge on any atom is -0.398 e. The highest BCUT2D eigenvalue weighted by Crippen LogP contribution is 2.51. The second kappa shape index (κ2) is 21.2. The lowest BCUT2D eigenvalue weighted by Gasteiger charge is -2.35. The van der Waals surface area contributed by atoms with Crippen LogP contribution >= 0.6 is 0 Å². The van der Waals surface area contributed by atoms with Gasteiger partial charge < -0.3 is 5.73 Å². The number of carbonyl (C=O) groups is 4. The van der Waals surface area contributed by atoms with Crippen LogP contribution in [0.5, 0.6) is 0 Å². The summed E-state index contributed by atoms with van der Waals surface area (Å²) in [7, 11) is 0. The zero-order valence-electron chi connectivity index (χ0n) is 39.0. The van der Waals surface area contributed by atoms with Gasteiger partial charge in [0.25, 0.3) is 29.3 Å². The van der Waals surface area contributed by atoms with Crippen LogP contribution in [-0.2, 0) is 0 Å². The zero-order chi connectivity index (χ0) is 45.5. The number of carbonyl (C=O) groups excluding carboxylic acids is 4. The van der Waals surface area contributed by atoms with Crippen molar-refractivity contribution >= 4 is 78.1 Å². The molecule has 10 heteroatoms. The predicted octanol–water partition coefficient (Wildman–Crippen LogP) is 14.6. The molecular formula is C54H70N4O6. The lowest BCUT2D eigenvalue weighted by atomic mass is 9.80. The van der Waals surface area contributed by atoms with E-state index >= 15 is 0 Å². The average Bonchev–Trinajstić information content (AvgIpc) is 3.28. The summed E-state index contributed by atoms with van der Waals surface area (Å²) < 4.78 is 0. The van der Waals surface area contributed by atoms with Crippen LogP contribution in [0.3, 0.4) is 0 Å². The summed E-state index contributed by atoms with van der Waals surface area (Å²) in [5, 5.41) is 16.9. The quantitative estimate of drug-likeness (QED) is 0.0105. The van der Waals surface area contributed by atoms with E-state index in [-0.39, 0.29) is 46.4 Å². The third-order valence-corrected chi connectivity index (χ3v) is 14.4. The number of anilines is 1. The van der Waals surface area contributed by atoms with Crippen molar-refractivity contribution < 1.29 is 24.1 Å². The highest BCUT2D eigenvalue weighted by atomic mass is 16.6. The summed E-state index contributed by atoms with van der Waals surface area (Å²) in [6.07, 6.45) is 24.1. The van der Waals surface area contributed by atoms with E-state index in [9.17, 15) is 29.3 Å². The molecule has 10 nitrogen and oxygen atoms in total. The van der Waals surface area contributed by atoms with Crippen molar-refractivity contribution in [3.63, 3.8) is 0 Å². The third kappa shape index (κ3) is 8.95. The van der Waals surface area contributed by atoms with E-state index in [4.69, 9.17) is 5.73 Å². The number of non-ortho nitro benzene ring substituents is 1. The molecule has 0 unspecified atom stereocenters. The number of nitrogens with two attached hydrogens (primary N) is 1. The van der Waals surface area contributed by atoms with Gasteiger partial charge in [-0.3, -0.25) is 39.1 Å². The number of hydrogen-bond donors (Lipinski definition) is 1. The van der Waals surface area contributed by atoms with Gasteiger partial charge in [0.05, 0.1) is 21.4 Å². The van der Waals surface area contributed by atoms with Crippen molar-refractivity contribution in [2.24, 2.45) is 0 Å². The van der Waals surface area contributed by atoms with Crippen LogP contribution in [0.4, 0.5) is 11.4 Å². The van der Waals surface area contributed by atoms with Crippen molar-refractivity contribution in [1.29, 1.82) is 0 Å². The van der Waals surface area contributed by atoms with Gasteiger partial charge in [0.1, 0.15) is 0 Å². The second-order valence-corrected chi connectivity index (χ2v) is 18.9. The minimum absolute atomic E-state index is 0.146. The van der Waals surface area contributed by atoms with Gasteiger partial charge in [-0.1, -0.05) is 168 Å². The Bertz CT molecular complexity index is 2500. The van der Waals surface area contributed by atoms with E-state index in [0.29, 0.717) is 72.9 Å². The van der Waals surface area contributed by atoms with Gasteiger partial charge in [-0.2, -0.15) is 0 Å². The van der Waals surface area contributed by atoms with E-state index in [1.165, 1.54) is 15.9 Å². The molecule has 2 heterocycles. The third-order valence-electron chi connectivity index (χ3n) is 14.4. The molecule has 0 bridgehead atoms. The number of imide groups is 2. The van der Waals surface area contributed by atoms with Gasteiger partial charge in [-0.25, -0.2) is 0 Å². The maximum absolute atomic E-state index is 14.8. The van der Waals surface area contributed by atoms with Crippen molar-refractivity contribution in [3.05, 3.63) is 68.8 Å². The lowest BCUT2D eigenvalue weighted by molar-refractivity contribution is -0.383. The van der Waals surface area contributed by atoms with Crippen molar-refractivity contribution in [3.8, 4) is 0 Å². The Morgan fingerprint density at radius 2 is 0.797 bits per heavy atom. The number of nitrogens with zero attached hydrogens (tertiary/aromatic N) is 3. The Balaban J connectivity index is 1.34. The number of nitro benzene ring substituents is 1. The fourth-order valence-electron chi connectivity index (χ4n) is 11.1. The summed E-state index contributed by atoms with van der Waals surface area (Å²) in [5.41, 5.74) is 8.25. The summed E-state index contributed by atoms with van der Waals surface area (Å²) in [6.45, 7) is 8.72. The maximum Gasteiger partial charge on any atom is 0.278 e. The maximum atomic E-state index is 14.8. The van der Waals surface area contributed by atoms with E-state index in [0.717, 1.165) is 141 Å². The number of amides is 4. The summed E-state index contributed by atoms with van der Waals surface area (Å²) in [6, 6.07) is 9.44. The van der Waals surface area contributed by atoms with Crippen LogP contribution in [0, 0.1) is 10.1 Å². The Morgan fingerprint density at radius 1 is 0.453 bits per heavy atom. The minimum atomic E-state index is -0.498. The number of hydrogen-bond acceptors (Lipinski definition) is 7. The number of nitrogen functional groups attached to an aromatic ring is 1. The first kappa shape index (κ1) is 46.9. The van der Waals surface area contributed by atoms with E-state index in [2.05, 4.69) is 27.7 Å². The van der Waals surface area contributed by atoms with Gasteiger partial charge in [-0.15, -0.1) is 0 Å². The zero-order valence-corrected chi connectivity index (χ0v) is 39.0. The molecule has 2 N–H and O–H groups in total. The first-order chi connectivity index (χ1) is 31.1. The van der Waals surface area contributed by atoms with E-state index < -0.39 is 10.8 Å². The monoisotopic (exact) mass is 871 g/mol. The van der Waals surface area contributed by atoms with Crippen molar-refractivity contribution in [2.45, 2.75) is 194 Å². The summed E-state index contributed by atoms with van der Waals surface area (Å²) >= 11 is 0. The fourth-order valence-corrected chi connectivity index (χ4v) is 11.1. The van der Waals surface area contributed by atoms with E-state index in [1.54, 1.807) is 30.3 Å². The Hall–Kier alpha value is -5.12. The van der Waals surface area contributed by atoms with Crippen LogP contribution in [-0.4, -0.2) is 50.4 Å². The van der Waals surface area contributed by atoms with Crippen LogP contribution in [0.25, 0.3) is 43.1 Å². The molecule has 5 aromatic rings. The molecule has 4 amide bonds. The number of benzene rings is 5. The number of rotatable bonds is 27. The lowest BCUT2D eigenvalue weighted by Crippen LogP contribution is -2.47. The van der Waals surface area contributed by atoms with Gasteiger partial charge in [0.2, 0.25) is 0 Å². The molecule has 64 heavy (non-hydrogen) atoms. The average molecular weight is 871 g/mol. The molecule has 0 fully saturated rings. The predicted molar refractivity (Wildman–Crippen MR) is 261 cm³/mol. The number of nitro groups is 1. The Labute approximate surface area is 379 Å². The van der Waals surface area contributed by atoms with Crippen molar-refractivity contribution in [2.75, 3.05) is 5.73 Å². The molecule has 0 aliphatic carbocycles. The van der Waals surface area contributed by atoms with Crippen LogP contribution in [0.2, 0.25) is 0 Å². The Morgan fingerprint density at radius 3 is 1.19 bits per heavy atom. The highest BCUT2D eigenvalue weighted by Gasteiger charge is 2.42. The molecule has 0 saturated heterocycles. The number of fused-ring (bicyclic) bond motifs is 2. The van der Waals surface area contributed by atoms with Gasteiger partial charge >= 0.3 is 0 Å². The topological polar surface area (TPSA) is 144 Å². The molecule has 7 rings (SSSR count). The standard InChI is InChI=1S/C54H70N4O6/c1-5-9-13-17-21-25-35(26-22-18-14-10-6-2)56-51(59)39-32-30-38-48-44(58(63)64)34-42-46-40(31-29-37(50(46)48)47-43(55)33-41(53(56)61)45(39)49(38)47)52(60)57(54(42)62)36(27-23-19-15-11-7-3)28-24-20-16-12-8-4/h29-36H,5-28,55H2,1-4H3. The molecule has 342 valence electrons. The van der Waals surface area contributed by atoms with Crippen LogP contribution in [0.1, 0.15) is 223 Å². The van der Waals surface area contributed by atoms with Gasteiger partial charge in [0.15, 0.2) is 0 Å². The van der Waals surface area contributed by atoms with Crippen molar-refractivity contribution in [1.82, 2.24) is 9.80 Å². The highest BCUT2D eigenvalue weighted by molar-refractivity contribution is 6.44. The number of unbranched alkanes of at least 4 members (excludes halogenated alkanes) is 16. The molecule has 5 aromatic carbocycles. The molecule has 0 radical (unpaired) electrons. The van der Waals surface area contributed by atoms with E-state index in [1.807, 2.05) is 0 Å². The summed E-state index contributed by atoms with van der Waals surface area (Å²) in [4.78, 5) is 74.8. The van der Waals surface area contributed by atoms with Crippen LogP contribution < -0.4 is 5.73 Å². The largest absolute Gasteiger partial charge is 0.398 e. The fraction of sp³-hybridized carbons (Fsp3) is 0.556. The normalized spacial score (nSPS) is 14.1. The molecule has 2 aliphatic rings. The summed E-state index contributed by atoms with van der Waals surface area (Å²) in [5.74, 6) is -1.60. The molecular weight excluding hydrogens is 801 g/mol. The SMILES string of the molecule is CCCCCCCC(CCCCCCC)N1C(=O)c2ccc3c4c([N+](=O)[O-])cc5c6c(ccc(c7c(N)cc(c2c37)C1=O)c64)C(=O)N(C(CCCCCCC)CCCCCCC)C5=O. The second-order valence-electron chi connectivity index (χ2n) is 18.9. The molecule has 0 saturated carbocycles. The smallest absolute Gasteiger partial charge is 0.278 e. The molecule has 2 aliphatic heterocycles. The first-order valence-electron chi connectivity index (χ1n) is 25.0.